The van der Waals surface area contributed by atoms with E-state index in [4.69, 9.17) is 4.74 Å². The summed E-state index contributed by atoms with van der Waals surface area (Å²) in [6.45, 7) is 5.30. The van der Waals surface area contributed by atoms with Crippen molar-refractivity contribution >= 4 is 5.91 Å². The number of carbonyl (C=O) groups is 1. The number of piperidine rings is 1. The molecule has 144 valence electrons. The van der Waals surface area contributed by atoms with Gasteiger partial charge >= 0.3 is 6.18 Å². The topological polar surface area (TPSA) is 65.6 Å². The van der Waals surface area contributed by atoms with Gasteiger partial charge in [0, 0.05) is 32.7 Å². The van der Waals surface area contributed by atoms with Gasteiger partial charge in [-0.1, -0.05) is 0 Å². The van der Waals surface area contributed by atoms with Crippen LogP contribution in [0, 0.1) is 5.92 Å². The van der Waals surface area contributed by atoms with Gasteiger partial charge in [-0.2, -0.15) is 13.2 Å². The van der Waals surface area contributed by atoms with Gasteiger partial charge in [-0.05, 0) is 30.9 Å². The number of rotatable bonds is 3. The van der Waals surface area contributed by atoms with E-state index in [2.05, 4.69) is 4.90 Å². The molecule has 1 amide bonds. The average Bonchev–Trinajstić information content (AvgIpc) is 2.62. The lowest BCUT2D eigenvalue weighted by atomic mass is 9.95. The molecule has 0 saturated carbocycles. The Morgan fingerprint density at radius 2 is 1.81 bits per heavy atom. The molecule has 2 aliphatic rings. The number of aromatic nitrogens is 1. The third-order valence-corrected chi connectivity index (χ3v) is 4.97. The molecule has 0 aromatic carbocycles. The molecule has 3 rings (SSSR count). The summed E-state index contributed by atoms with van der Waals surface area (Å²) in [4.78, 5) is 30.0. The molecule has 2 aliphatic heterocycles. The fourth-order valence-electron chi connectivity index (χ4n) is 3.45. The van der Waals surface area contributed by atoms with Crippen LogP contribution in [0.25, 0.3) is 0 Å². The maximum atomic E-state index is 12.6. The molecule has 3 heterocycles. The zero-order chi connectivity index (χ0) is 18.7. The van der Waals surface area contributed by atoms with Crippen LogP contribution in [0.4, 0.5) is 13.2 Å². The standard InChI is InChI=1S/C17H22F3N3O3/c18-17(19,20)14-2-1-13(15(24)21-14)16(25)23-5-3-12(4-6-23)11-22-7-9-26-10-8-22/h1-2,12H,3-11H2,(H,21,24). The van der Waals surface area contributed by atoms with Crippen molar-refractivity contribution in [3.8, 4) is 0 Å². The van der Waals surface area contributed by atoms with E-state index in [1.165, 1.54) is 0 Å². The molecule has 0 atom stereocenters. The van der Waals surface area contributed by atoms with Crippen molar-refractivity contribution in [2.24, 2.45) is 5.92 Å². The Balaban J connectivity index is 1.57. The van der Waals surface area contributed by atoms with Gasteiger partial charge in [0.05, 0.1) is 13.2 Å². The minimum Gasteiger partial charge on any atom is -0.379 e. The fraction of sp³-hybridized carbons (Fsp3) is 0.647. The fourth-order valence-corrected chi connectivity index (χ4v) is 3.45. The Labute approximate surface area is 148 Å². The van der Waals surface area contributed by atoms with Gasteiger partial charge in [-0.25, -0.2) is 0 Å². The monoisotopic (exact) mass is 373 g/mol. The SMILES string of the molecule is O=C(c1ccc(C(F)(F)F)[nH]c1=O)N1CCC(CN2CCOCC2)CC1. The van der Waals surface area contributed by atoms with Crippen molar-refractivity contribution in [2.45, 2.75) is 19.0 Å². The molecular weight excluding hydrogens is 351 g/mol. The molecule has 9 heteroatoms. The summed E-state index contributed by atoms with van der Waals surface area (Å²) in [6.07, 6.45) is -3.00. The molecular formula is C17H22F3N3O3. The molecule has 0 radical (unpaired) electrons. The van der Waals surface area contributed by atoms with Gasteiger partial charge in [0.1, 0.15) is 11.3 Å². The molecule has 2 saturated heterocycles. The molecule has 0 bridgehead atoms. The van der Waals surface area contributed by atoms with Crippen LogP contribution in [-0.2, 0) is 10.9 Å². The van der Waals surface area contributed by atoms with E-state index < -0.39 is 23.3 Å². The first-order valence-electron chi connectivity index (χ1n) is 8.74. The Morgan fingerprint density at radius 3 is 2.38 bits per heavy atom. The molecule has 1 N–H and O–H groups in total. The highest BCUT2D eigenvalue weighted by Crippen LogP contribution is 2.26. The van der Waals surface area contributed by atoms with Crippen LogP contribution >= 0.6 is 0 Å². The van der Waals surface area contributed by atoms with Gasteiger partial charge < -0.3 is 14.6 Å². The Kier molecular flexibility index (Phi) is 5.67. The largest absolute Gasteiger partial charge is 0.431 e. The van der Waals surface area contributed by atoms with E-state index in [1.807, 2.05) is 0 Å². The number of nitrogens with one attached hydrogen (secondary N) is 1. The molecule has 1 aromatic heterocycles. The van der Waals surface area contributed by atoms with E-state index >= 15 is 0 Å². The third kappa shape index (κ3) is 4.45. The Hall–Kier alpha value is -1.87. The summed E-state index contributed by atoms with van der Waals surface area (Å²) >= 11 is 0. The molecule has 6 nitrogen and oxygen atoms in total. The average molecular weight is 373 g/mol. The van der Waals surface area contributed by atoms with Gasteiger partial charge in [0.25, 0.3) is 11.5 Å². The van der Waals surface area contributed by atoms with Gasteiger partial charge in [0.15, 0.2) is 0 Å². The van der Waals surface area contributed by atoms with Crippen LogP contribution in [0.15, 0.2) is 16.9 Å². The maximum absolute atomic E-state index is 12.6. The van der Waals surface area contributed by atoms with Gasteiger partial charge in [-0.15, -0.1) is 0 Å². The number of nitrogens with zero attached hydrogens (tertiary/aromatic N) is 2. The van der Waals surface area contributed by atoms with Crippen molar-refractivity contribution in [1.82, 2.24) is 14.8 Å². The van der Waals surface area contributed by atoms with E-state index in [1.54, 1.807) is 9.88 Å². The molecule has 2 fully saturated rings. The number of morpholine rings is 1. The van der Waals surface area contributed by atoms with Gasteiger partial charge in [0.2, 0.25) is 0 Å². The van der Waals surface area contributed by atoms with Crippen molar-refractivity contribution in [3.05, 3.63) is 33.7 Å². The summed E-state index contributed by atoms with van der Waals surface area (Å²) in [6, 6.07) is 1.70. The lowest BCUT2D eigenvalue weighted by Gasteiger charge is -2.36. The number of H-pyrrole nitrogens is 1. The van der Waals surface area contributed by atoms with E-state index in [0.29, 0.717) is 19.0 Å². The summed E-state index contributed by atoms with van der Waals surface area (Å²) in [5.41, 5.74) is -2.40. The molecule has 0 aliphatic carbocycles. The lowest BCUT2D eigenvalue weighted by molar-refractivity contribution is -0.141. The number of hydrogen-bond acceptors (Lipinski definition) is 4. The van der Waals surface area contributed by atoms with Crippen LogP contribution in [0.3, 0.4) is 0 Å². The van der Waals surface area contributed by atoms with Crippen molar-refractivity contribution in [1.29, 1.82) is 0 Å². The Bertz CT molecular complexity index is 690. The predicted molar refractivity (Wildman–Crippen MR) is 88.0 cm³/mol. The first-order chi connectivity index (χ1) is 12.3. The second kappa shape index (κ2) is 7.79. The van der Waals surface area contributed by atoms with Crippen molar-refractivity contribution in [2.75, 3.05) is 45.9 Å². The van der Waals surface area contributed by atoms with Crippen LogP contribution in [0.1, 0.15) is 28.9 Å². The van der Waals surface area contributed by atoms with Crippen molar-refractivity contribution in [3.63, 3.8) is 0 Å². The van der Waals surface area contributed by atoms with Crippen LogP contribution < -0.4 is 5.56 Å². The lowest BCUT2D eigenvalue weighted by Crippen LogP contribution is -2.45. The van der Waals surface area contributed by atoms with E-state index in [-0.39, 0.29) is 5.56 Å². The zero-order valence-corrected chi connectivity index (χ0v) is 14.3. The van der Waals surface area contributed by atoms with Crippen LogP contribution in [-0.4, -0.2) is 66.6 Å². The quantitative estimate of drug-likeness (QED) is 0.874. The smallest absolute Gasteiger partial charge is 0.379 e. The normalized spacial score (nSPS) is 20.3. The first-order valence-corrected chi connectivity index (χ1v) is 8.74. The highest BCUT2D eigenvalue weighted by atomic mass is 19.4. The minimum absolute atomic E-state index is 0.246. The molecule has 1 aromatic rings. The molecule has 0 spiro atoms. The van der Waals surface area contributed by atoms with Crippen molar-refractivity contribution < 1.29 is 22.7 Å². The number of alkyl halides is 3. The first kappa shape index (κ1) is 18.9. The zero-order valence-electron chi connectivity index (χ0n) is 14.3. The number of ether oxygens (including phenoxy) is 1. The van der Waals surface area contributed by atoms with Crippen LogP contribution in [0.5, 0.6) is 0 Å². The summed E-state index contributed by atoms with van der Waals surface area (Å²) in [5.74, 6) is -0.0344. The second-order valence-electron chi connectivity index (χ2n) is 6.76. The third-order valence-electron chi connectivity index (χ3n) is 4.97. The number of aromatic amines is 1. The summed E-state index contributed by atoms with van der Waals surface area (Å²) in [7, 11) is 0. The predicted octanol–water partition coefficient (Wildman–Crippen LogP) is 1.58. The second-order valence-corrected chi connectivity index (χ2v) is 6.76. The number of pyridine rings is 1. The van der Waals surface area contributed by atoms with Crippen LogP contribution in [0.2, 0.25) is 0 Å². The van der Waals surface area contributed by atoms with Gasteiger partial charge in [-0.3, -0.25) is 14.5 Å². The molecule has 0 unspecified atom stereocenters. The number of hydrogen-bond donors (Lipinski definition) is 1. The Morgan fingerprint density at radius 1 is 1.15 bits per heavy atom. The number of halogens is 3. The summed E-state index contributed by atoms with van der Waals surface area (Å²) in [5, 5.41) is 0. The maximum Gasteiger partial charge on any atom is 0.431 e. The minimum atomic E-state index is -4.64. The summed E-state index contributed by atoms with van der Waals surface area (Å²) < 4.78 is 43.2. The highest BCUT2D eigenvalue weighted by molar-refractivity contribution is 5.93. The highest BCUT2D eigenvalue weighted by Gasteiger charge is 2.33. The number of amides is 1. The number of carbonyl (C=O) groups excluding carboxylic acids is 1. The van der Waals surface area contributed by atoms with E-state index in [0.717, 1.165) is 57.8 Å². The van der Waals surface area contributed by atoms with E-state index in [9.17, 15) is 22.8 Å². The number of likely N-dealkylation sites (tertiary alicyclic amines) is 1. The molecule has 26 heavy (non-hydrogen) atoms.